The number of halogens is 2. The first kappa shape index (κ1) is 7.21. The van der Waals surface area contributed by atoms with Gasteiger partial charge in [-0.1, -0.05) is 0 Å². The molecule has 6 atom stereocenters. The lowest BCUT2D eigenvalue weighted by atomic mass is 9.51. The Hall–Kier alpha value is -0.220. The Morgan fingerprint density at radius 2 is 2.25 bits per heavy atom. The summed E-state index contributed by atoms with van der Waals surface area (Å²) in [7, 11) is 3.78. The molecule has 2 heterocycles. The van der Waals surface area contributed by atoms with Crippen LogP contribution in [0.5, 0.6) is 0 Å². The smallest absolute Gasteiger partial charge is 0.182 e. The Bertz CT molecular complexity index is 237. The average molecular weight is 175 g/mol. The number of likely N-dealkylation sites (tertiary alicyclic amines) is 1. The molecule has 3 aliphatic rings. The van der Waals surface area contributed by atoms with Crippen LogP contribution in [0.2, 0.25) is 0 Å². The van der Waals surface area contributed by atoms with Gasteiger partial charge in [-0.3, -0.25) is 0 Å². The average Bonchev–Trinajstić information content (AvgIpc) is 2.45. The summed E-state index contributed by atoms with van der Waals surface area (Å²) in [5, 5.41) is 0. The minimum absolute atomic E-state index is 0.101. The molecule has 3 rings (SSSR count). The molecule has 0 aromatic heterocycles. The zero-order valence-corrected chi connectivity index (χ0v) is 6.59. The summed E-state index contributed by atoms with van der Waals surface area (Å²) < 4.78 is 31.4. The Kier molecular flexibility index (Phi) is 1.10. The van der Waals surface area contributed by atoms with E-state index in [1.54, 1.807) is 0 Å². The molecule has 4 heteroatoms. The van der Waals surface area contributed by atoms with Crippen LogP contribution in [-0.2, 0) is 4.74 Å². The van der Waals surface area contributed by atoms with Crippen molar-refractivity contribution in [1.29, 1.82) is 0 Å². The van der Waals surface area contributed by atoms with Crippen LogP contribution in [0.3, 0.4) is 0 Å². The van der Waals surface area contributed by atoms with Crippen molar-refractivity contribution in [2.75, 3.05) is 13.2 Å². The van der Waals surface area contributed by atoms with Crippen LogP contribution in [0.1, 0.15) is 0 Å². The normalized spacial score (nSPS) is 67.8. The third-order valence-corrected chi connectivity index (χ3v) is 3.82. The van der Waals surface area contributed by atoms with Crippen LogP contribution < -0.4 is 4.90 Å². The van der Waals surface area contributed by atoms with Crippen molar-refractivity contribution in [2.45, 2.75) is 24.4 Å². The second kappa shape index (κ2) is 1.82. The van der Waals surface area contributed by atoms with Gasteiger partial charge in [0.2, 0.25) is 0 Å². The van der Waals surface area contributed by atoms with Gasteiger partial charge in [-0.2, -0.15) is 7.05 Å². The molecular formula is C8H11F2NO. The van der Waals surface area contributed by atoms with Crippen LogP contribution >= 0.6 is 0 Å². The molecule has 2 nitrogen and oxygen atoms in total. The SMILES string of the molecule is [CH2-][NH+]1C2COCC23C(F)C(F)C13. The zero-order chi connectivity index (χ0) is 8.51. The highest BCUT2D eigenvalue weighted by Crippen LogP contribution is 2.54. The van der Waals surface area contributed by atoms with Gasteiger partial charge in [0.1, 0.15) is 17.5 Å². The van der Waals surface area contributed by atoms with Gasteiger partial charge in [-0.05, 0) is 0 Å². The van der Waals surface area contributed by atoms with Crippen molar-refractivity contribution in [3.8, 4) is 0 Å². The van der Waals surface area contributed by atoms with Crippen molar-refractivity contribution in [2.24, 2.45) is 5.41 Å². The molecule has 0 aromatic carbocycles. The van der Waals surface area contributed by atoms with E-state index in [-0.39, 0.29) is 12.1 Å². The van der Waals surface area contributed by atoms with E-state index in [4.69, 9.17) is 4.74 Å². The fraction of sp³-hybridized carbons (Fsp3) is 0.875. The third kappa shape index (κ3) is 0.453. The van der Waals surface area contributed by atoms with Gasteiger partial charge in [0.05, 0.1) is 13.2 Å². The van der Waals surface area contributed by atoms with Gasteiger partial charge >= 0.3 is 0 Å². The van der Waals surface area contributed by atoms with Crippen LogP contribution in [0, 0.1) is 12.5 Å². The van der Waals surface area contributed by atoms with Crippen molar-refractivity contribution in [3.63, 3.8) is 0 Å². The van der Waals surface area contributed by atoms with E-state index in [0.717, 1.165) is 4.90 Å². The standard InChI is InChI=1S/C8H11F2NO/c1-11-4-2-12-3-8(4)6(10)5(9)7(8)11/h4-7,11H,1-3H2. The molecule has 1 aliphatic carbocycles. The highest BCUT2D eigenvalue weighted by atomic mass is 19.2. The second-order valence-electron chi connectivity index (χ2n) is 4.08. The fourth-order valence-electron chi connectivity index (χ4n) is 3.12. The largest absolute Gasteiger partial charge is 0.457 e. The molecule has 1 saturated carbocycles. The second-order valence-corrected chi connectivity index (χ2v) is 4.08. The molecule has 2 saturated heterocycles. The number of ether oxygens (including phenoxy) is 1. The topological polar surface area (TPSA) is 13.7 Å². The maximum atomic E-state index is 13.2. The Balaban J connectivity index is 1.94. The third-order valence-electron chi connectivity index (χ3n) is 3.82. The summed E-state index contributed by atoms with van der Waals surface area (Å²) in [5.74, 6) is 0. The Morgan fingerprint density at radius 1 is 1.50 bits per heavy atom. The number of rotatable bonds is 0. The number of alkyl halides is 2. The van der Waals surface area contributed by atoms with E-state index in [9.17, 15) is 8.78 Å². The molecule has 2 aliphatic heterocycles. The molecule has 1 N–H and O–H groups in total. The molecular weight excluding hydrogens is 164 g/mol. The first-order valence-corrected chi connectivity index (χ1v) is 4.24. The summed E-state index contributed by atoms with van der Waals surface area (Å²) >= 11 is 0. The fourth-order valence-corrected chi connectivity index (χ4v) is 3.12. The summed E-state index contributed by atoms with van der Waals surface area (Å²) in [6.45, 7) is 0.936. The van der Waals surface area contributed by atoms with E-state index in [1.807, 2.05) is 0 Å². The van der Waals surface area contributed by atoms with Crippen molar-refractivity contribution in [1.82, 2.24) is 0 Å². The summed E-state index contributed by atoms with van der Waals surface area (Å²) in [6, 6.07) is -0.135. The maximum Gasteiger partial charge on any atom is 0.182 e. The number of nitrogens with one attached hydrogen (secondary N) is 1. The van der Waals surface area contributed by atoms with Crippen LogP contribution in [0.4, 0.5) is 8.78 Å². The summed E-state index contributed by atoms with van der Waals surface area (Å²) in [6.07, 6.45) is -2.61. The maximum absolute atomic E-state index is 13.2. The molecule has 0 amide bonds. The lowest BCUT2D eigenvalue weighted by molar-refractivity contribution is -0.994. The molecule has 12 heavy (non-hydrogen) atoms. The first-order chi connectivity index (χ1) is 5.69. The van der Waals surface area contributed by atoms with Gasteiger partial charge in [0, 0.05) is 0 Å². The zero-order valence-electron chi connectivity index (χ0n) is 6.59. The lowest BCUT2D eigenvalue weighted by Gasteiger charge is -2.67. The van der Waals surface area contributed by atoms with Gasteiger partial charge in [0.25, 0.3) is 0 Å². The quantitative estimate of drug-likeness (QED) is 0.472. The lowest BCUT2D eigenvalue weighted by Crippen LogP contribution is -3.32. The van der Waals surface area contributed by atoms with Crippen LogP contribution in [-0.4, -0.2) is 37.6 Å². The van der Waals surface area contributed by atoms with Crippen molar-refractivity contribution >= 4 is 0 Å². The Labute approximate surface area is 69.5 Å². The van der Waals surface area contributed by atoms with Crippen molar-refractivity contribution in [3.05, 3.63) is 7.05 Å². The number of quaternary nitrogens is 1. The van der Waals surface area contributed by atoms with Gasteiger partial charge < -0.3 is 9.64 Å². The molecule has 0 bridgehead atoms. The van der Waals surface area contributed by atoms with Gasteiger partial charge in [-0.15, -0.1) is 0 Å². The highest BCUT2D eigenvalue weighted by molar-refractivity contribution is 5.21. The molecule has 1 spiro atoms. The van der Waals surface area contributed by atoms with E-state index < -0.39 is 17.8 Å². The molecule has 3 fully saturated rings. The van der Waals surface area contributed by atoms with Crippen LogP contribution in [0.15, 0.2) is 0 Å². The van der Waals surface area contributed by atoms with E-state index in [0.29, 0.717) is 13.2 Å². The molecule has 0 aromatic rings. The van der Waals surface area contributed by atoms with Crippen molar-refractivity contribution < 1.29 is 18.4 Å². The van der Waals surface area contributed by atoms with Crippen LogP contribution in [0.25, 0.3) is 0 Å². The van der Waals surface area contributed by atoms with Gasteiger partial charge in [0.15, 0.2) is 12.3 Å². The van der Waals surface area contributed by atoms with E-state index >= 15 is 0 Å². The monoisotopic (exact) mass is 175 g/mol. The molecule has 6 unspecified atom stereocenters. The molecule has 68 valence electrons. The number of piperidine rings is 1. The number of hydrogen-bond donors (Lipinski definition) is 1. The minimum Gasteiger partial charge on any atom is -0.457 e. The van der Waals surface area contributed by atoms with E-state index in [1.165, 1.54) is 0 Å². The Morgan fingerprint density at radius 3 is 3.00 bits per heavy atom. The predicted molar refractivity (Wildman–Crippen MR) is 36.9 cm³/mol. The first-order valence-electron chi connectivity index (χ1n) is 4.24. The molecule has 0 radical (unpaired) electrons. The summed E-state index contributed by atoms with van der Waals surface area (Å²) in [5.41, 5.74) is -0.490. The summed E-state index contributed by atoms with van der Waals surface area (Å²) in [4.78, 5) is 0.869. The number of hydrogen-bond acceptors (Lipinski definition) is 1. The predicted octanol–water partition coefficient (Wildman–Crippen LogP) is -0.880. The van der Waals surface area contributed by atoms with Gasteiger partial charge in [-0.25, -0.2) is 8.78 Å². The minimum atomic E-state index is -1.31. The highest BCUT2D eigenvalue weighted by Gasteiger charge is 2.81. The van der Waals surface area contributed by atoms with E-state index in [2.05, 4.69) is 7.05 Å².